The van der Waals surface area contributed by atoms with E-state index in [0.717, 1.165) is 31.4 Å². The van der Waals surface area contributed by atoms with Gasteiger partial charge in [0.25, 0.3) is 0 Å². The number of rotatable bonds is 5. The Labute approximate surface area is 153 Å². The molecule has 1 spiro atoms. The summed E-state index contributed by atoms with van der Waals surface area (Å²) in [5.74, 6) is 0.0880. The number of hydrogen-bond donors (Lipinski definition) is 0. The lowest BCUT2D eigenvalue weighted by Gasteiger charge is -2.45. The zero-order valence-corrected chi connectivity index (χ0v) is 14.9. The van der Waals surface area contributed by atoms with Crippen LogP contribution in [0.5, 0.6) is 0 Å². The van der Waals surface area contributed by atoms with Crippen molar-refractivity contribution in [3.05, 3.63) is 54.4 Å². The first-order valence-corrected chi connectivity index (χ1v) is 9.30. The van der Waals surface area contributed by atoms with Crippen LogP contribution in [0, 0.1) is 0 Å². The molecule has 4 rings (SSSR count). The van der Waals surface area contributed by atoms with E-state index in [1.165, 1.54) is 0 Å². The zero-order valence-electron chi connectivity index (χ0n) is 14.9. The Morgan fingerprint density at radius 2 is 2.19 bits per heavy atom. The van der Waals surface area contributed by atoms with E-state index >= 15 is 0 Å². The highest BCUT2D eigenvalue weighted by atomic mass is 16.6. The molecule has 0 N–H and O–H groups in total. The van der Waals surface area contributed by atoms with Crippen LogP contribution < -0.4 is 0 Å². The molecular formula is C20H25N3O3. The Bertz CT molecular complexity index is 711. The smallest absolute Gasteiger partial charge is 0.244 e. The molecule has 1 aromatic carbocycles. The number of hydrogen-bond acceptors (Lipinski definition) is 4. The topological polar surface area (TPSA) is 56.6 Å². The second kappa shape index (κ2) is 7.60. The first-order valence-electron chi connectivity index (χ1n) is 9.30. The molecule has 1 amide bonds. The molecule has 0 saturated carbocycles. The van der Waals surface area contributed by atoms with Gasteiger partial charge in [0.1, 0.15) is 12.1 Å². The zero-order chi connectivity index (χ0) is 17.8. The molecule has 2 aliphatic rings. The van der Waals surface area contributed by atoms with Crippen molar-refractivity contribution in [2.24, 2.45) is 0 Å². The van der Waals surface area contributed by atoms with E-state index in [9.17, 15) is 4.79 Å². The van der Waals surface area contributed by atoms with Crippen LogP contribution in [0.1, 0.15) is 24.8 Å². The summed E-state index contributed by atoms with van der Waals surface area (Å²) in [5.41, 5.74) is 0.796. The first-order chi connectivity index (χ1) is 12.8. The van der Waals surface area contributed by atoms with Crippen LogP contribution >= 0.6 is 0 Å². The van der Waals surface area contributed by atoms with Gasteiger partial charge in [-0.2, -0.15) is 5.10 Å². The molecule has 6 heteroatoms. The SMILES string of the molecule is O=C(Cn1cccn1)N1CC[C@H](OCc2ccccc2)[C@]2(CCCO2)C1. The molecule has 1 aromatic heterocycles. The molecule has 0 unspecified atom stereocenters. The maximum atomic E-state index is 12.7. The van der Waals surface area contributed by atoms with Crippen molar-refractivity contribution >= 4 is 5.91 Å². The number of likely N-dealkylation sites (tertiary alicyclic amines) is 1. The van der Waals surface area contributed by atoms with Gasteiger partial charge in [0, 0.05) is 25.5 Å². The Morgan fingerprint density at radius 1 is 1.31 bits per heavy atom. The number of ether oxygens (including phenoxy) is 2. The van der Waals surface area contributed by atoms with Gasteiger partial charge in [-0.15, -0.1) is 0 Å². The minimum absolute atomic E-state index is 0.0268. The Balaban J connectivity index is 1.41. The van der Waals surface area contributed by atoms with E-state index in [-0.39, 0.29) is 24.2 Å². The molecule has 26 heavy (non-hydrogen) atoms. The summed E-state index contributed by atoms with van der Waals surface area (Å²) in [7, 11) is 0. The van der Waals surface area contributed by atoms with Crippen molar-refractivity contribution in [2.75, 3.05) is 19.7 Å². The summed E-state index contributed by atoms with van der Waals surface area (Å²) in [5, 5.41) is 4.13. The summed E-state index contributed by atoms with van der Waals surface area (Å²) < 4.78 is 14.1. The molecule has 2 fully saturated rings. The second-order valence-electron chi connectivity index (χ2n) is 7.11. The van der Waals surface area contributed by atoms with Crippen LogP contribution in [0.25, 0.3) is 0 Å². The standard InChI is InChI=1S/C20H25N3O3/c24-19(14-23-11-5-10-21-23)22-12-8-18(20(16-22)9-4-13-26-20)25-15-17-6-2-1-3-7-17/h1-3,5-7,10-11,18H,4,8-9,12-16H2/t18-,20-/m0/s1. The molecule has 0 aliphatic carbocycles. The van der Waals surface area contributed by atoms with Crippen LogP contribution in [0.4, 0.5) is 0 Å². The van der Waals surface area contributed by atoms with Crippen LogP contribution in [0.3, 0.4) is 0 Å². The average molecular weight is 355 g/mol. The highest BCUT2D eigenvalue weighted by Gasteiger charge is 2.48. The van der Waals surface area contributed by atoms with Crippen LogP contribution in [0.15, 0.2) is 48.8 Å². The normalized spacial score (nSPS) is 25.7. The molecule has 2 atom stereocenters. The van der Waals surface area contributed by atoms with Crippen molar-refractivity contribution in [1.82, 2.24) is 14.7 Å². The molecule has 2 saturated heterocycles. The van der Waals surface area contributed by atoms with Crippen molar-refractivity contribution in [1.29, 1.82) is 0 Å². The largest absolute Gasteiger partial charge is 0.370 e. The van der Waals surface area contributed by atoms with E-state index in [1.54, 1.807) is 10.9 Å². The van der Waals surface area contributed by atoms with Gasteiger partial charge in [0.05, 0.1) is 19.3 Å². The minimum Gasteiger partial charge on any atom is -0.370 e. The second-order valence-corrected chi connectivity index (χ2v) is 7.11. The fraction of sp³-hybridized carbons (Fsp3) is 0.500. The highest BCUT2D eigenvalue weighted by Crippen LogP contribution is 2.37. The number of carbonyl (C=O) groups excluding carboxylic acids is 1. The van der Waals surface area contributed by atoms with Gasteiger partial charge in [-0.1, -0.05) is 30.3 Å². The number of benzene rings is 1. The van der Waals surface area contributed by atoms with E-state index in [2.05, 4.69) is 17.2 Å². The summed E-state index contributed by atoms with van der Waals surface area (Å²) in [4.78, 5) is 14.6. The van der Waals surface area contributed by atoms with Gasteiger partial charge in [-0.25, -0.2) is 0 Å². The summed E-state index contributed by atoms with van der Waals surface area (Å²) in [6.07, 6.45) is 6.30. The lowest BCUT2D eigenvalue weighted by atomic mass is 9.86. The number of carbonyl (C=O) groups is 1. The number of aromatic nitrogens is 2. The molecular weight excluding hydrogens is 330 g/mol. The van der Waals surface area contributed by atoms with Gasteiger partial charge in [-0.3, -0.25) is 9.48 Å². The fourth-order valence-corrected chi connectivity index (χ4v) is 3.99. The summed E-state index contributed by atoms with van der Waals surface area (Å²) in [6, 6.07) is 12.0. The molecule has 138 valence electrons. The first kappa shape index (κ1) is 17.2. The van der Waals surface area contributed by atoms with Crippen LogP contribution in [0.2, 0.25) is 0 Å². The average Bonchev–Trinajstić information content (AvgIpc) is 3.34. The lowest BCUT2D eigenvalue weighted by Crippen LogP contribution is -2.59. The van der Waals surface area contributed by atoms with Crippen LogP contribution in [-0.2, 0) is 27.4 Å². The van der Waals surface area contributed by atoms with Crippen molar-refractivity contribution in [3.8, 4) is 0 Å². The van der Waals surface area contributed by atoms with Gasteiger partial charge >= 0.3 is 0 Å². The monoisotopic (exact) mass is 355 g/mol. The molecule has 2 aliphatic heterocycles. The Hall–Kier alpha value is -2.18. The maximum absolute atomic E-state index is 12.7. The number of amides is 1. The third-order valence-electron chi connectivity index (χ3n) is 5.34. The third kappa shape index (κ3) is 3.66. The highest BCUT2D eigenvalue weighted by molar-refractivity contribution is 5.76. The van der Waals surface area contributed by atoms with Gasteiger partial charge in [0.2, 0.25) is 5.91 Å². The predicted octanol–water partition coefficient (Wildman–Crippen LogP) is 2.25. The predicted molar refractivity (Wildman–Crippen MR) is 96.4 cm³/mol. The Kier molecular flexibility index (Phi) is 5.04. The number of piperidine rings is 1. The number of nitrogens with zero attached hydrogens (tertiary/aromatic N) is 3. The van der Waals surface area contributed by atoms with E-state index in [1.807, 2.05) is 35.4 Å². The van der Waals surface area contributed by atoms with Crippen LogP contribution in [-0.4, -0.2) is 52.0 Å². The molecule has 2 aromatic rings. The third-order valence-corrected chi connectivity index (χ3v) is 5.34. The van der Waals surface area contributed by atoms with E-state index in [4.69, 9.17) is 9.47 Å². The van der Waals surface area contributed by atoms with E-state index < -0.39 is 0 Å². The lowest BCUT2D eigenvalue weighted by molar-refractivity contribution is -0.170. The summed E-state index contributed by atoms with van der Waals surface area (Å²) in [6.45, 7) is 2.90. The molecule has 0 radical (unpaired) electrons. The van der Waals surface area contributed by atoms with Crippen molar-refractivity contribution in [2.45, 2.75) is 44.1 Å². The summed E-state index contributed by atoms with van der Waals surface area (Å²) >= 11 is 0. The van der Waals surface area contributed by atoms with Crippen molar-refractivity contribution in [3.63, 3.8) is 0 Å². The van der Waals surface area contributed by atoms with Crippen molar-refractivity contribution < 1.29 is 14.3 Å². The van der Waals surface area contributed by atoms with Gasteiger partial charge in [0.15, 0.2) is 0 Å². The molecule has 6 nitrogen and oxygen atoms in total. The Morgan fingerprint density at radius 3 is 2.92 bits per heavy atom. The van der Waals surface area contributed by atoms with Gasteiger partial charge in [-0.05, 0) is 30.9 Å². The van der Waals surface area contributed by atoms with E-state index in [0.29, 0.717) is 19.7 Å². The maximum Gasteiger partial charge on any atom is 0.244 e. The minimum atomic E-state index is -0.368. The molecule has 3 heterocycles. The fourth-order valence-electron chi connectivity index (χ4n) is 3.99. The molecule has 0 bridgehead atoms. The van der Waals surface area contributed by atoms with Gasteiger partial charge < -0.3 is 14.4 Å². The quantitative estimate of drug-likeness (QED) is 0.825.